The third kappa shape index (κ3) is 3.43. The Balaban J connectivity index is 1.93. The van der Waals surface area contributed by atoms with Crippen molar-refractivity contribution >= 4 is 0 Å². The Morgan fingerprint density at radius 2 is 2.18 bits per heavy atom. The molecule has 0 unspecified atom stereocenters. The molecule has 0 aliphatic carbocycles. The van der Waals surface area contributed by atoms with Gasteiger partial charge in [-0.25, -0.2) is 4.98 Å². The van der Waals surface area contributed by atoms with Crippen molar-refractivity contribution in [1.82, 2.24) is 10.3 Å². The molecule has 0 amide bonds. The average molecular weight is 230 g/mol. The summed E-state index contributed by atoms with van der Waals surface area (Å²) in [6, 6.07) is 8.57. The highest BCUT2D eigenvalue weighted by molar-refractivity contribution is 5.22. The SMILES string of the molecule is CNCc1ncc(CCc2cccc(C)c2)o1. The summed E-state index contributed by atoms with van der Waals surface area (Å²) < 4.78 is 5.60. The van der Waals surface area contributed by atoms with E-state index in [0.717, 1.165) is 24.5 Å². The molecule has 0 atom stereocenters. The van der Waals surface area contributed by atoms with Crippen LogP contribution in [-0.4, -0.2) is 12.0 Å². The molecule has 0 saturated carbocycles. The standard InChI is InChI=1S/C14H18N2O/c1-11-4-3-5-12(8-11)6-7-13-9-16-14(17-13)10-15-2/h3-5,8-9,15H,6-7,10H2,1-2H3. The fourth-order valence-corrected chi connectivity index (χ4v) is 1.83. The third-order valence-corrected chi connectivity index (χ3v) is 2.67. The van der Waals surface area contributed by atoms with E-state index in [0.29, 0.717) is 6.54 Å². The van der Waals surface area contributed by atoms with Crippen LogP contribution in [0.4, 0.5) is 0 Å². The number of nitrogens with one attached hydrogen (secondary N) is 1. The molecule has 2 aromatic rings. The highest BCUT2D eigenvalue weighted by atomic mass is 16.4. The minimum Gasteiger partial charge on any atom is -0.444 e. The van der Waals surface area contributed by atoms with E-state index in [1.165, 1.54) is 11.1 Å². The summed E-state index contributed by atoms with van der Waals surface area (Å²) in [7, 11) is 1.89. The van der Waals surface area contributed by atoms with Gasteiger partial charge in [0, 0.05) is 6.42 Å². The van der Waals surface area contributed by atoms with Crippen LogP contribution in [0.5, 0.6) is 0 Å². The molecule has 1 heterocycles. The Morgan fingerprint density at radius 1 is 1.29 bits per heavy atom. The van der Waals surface area contributed by atoms with E-state index in [1.807, 2.05) is 13.2 Å². The highest BCUT2D eigenvalue weighted by Gasteiger charge is 2.03. The highest BCUT2D eigenvalue weighted by Crippen LogP contribution is 2.10. The first-order chi connectivity index (χ1) is 8.28. The van der Waals surface area contributed by atoms with Gasteiger partial charge < -0.3 is 9.73 Å². The lowest BCUT2D eigenvalue weighted by Crippen LogP contribution is -2.04. The van der Waals surface area contributed by atoms with E-state index in [1.54, 1.807) is 0 Å². The van der Waals surface area contributed by atoms with Crippen LogP contribution < -0.4 is 5.32 Å². The molecule has 17 heavy (non-hydrogen) atoms. The molecule has 0 spiro atoms. The first-order valence-electron chi connectivity index (χ1n) is 5.91. The zero-order valence-corrected chi connectivity index (χ0v) is 10.4. The topological polar surface area (TPSA) is 38.1 Å². The summed E-state index contributed by atoms with van der Waals surface area (Å²) in [5.74, 6) is 1.71. The number of aromatic nitrogens is 1. The molecule has 3 heteroatoms. The lowest BCUT2D eigenvalue weighted by Gasteiger charge is -2.00. The monoisotopic (exact) mass is 230 g/mol. The molecule has 0 saturated heterocycles. The number of aryl methyl sites for hydroxylation is 3. The molecule has 2 rings (SSSR count). The summed E-state index contributed by atoms with van der Waals surface area (Å²) in [6.07, 6.45) is 3.72. The Morgan fingerprint density at radius 3 is 2.94 bits per heavy atom. The van der Waals surface area contributed by atoms with Gasteiger partial charge in [0.25, 0.3) is 0 Å². The fourth-order valence-electron chi connectivity index (χ4n) is 1.83. The minimum atomic E-state index is 0.685. The van der Waals surface area contributed by atoms with E-state index in [4.69, 9.17) is 4.42 Å². The summed E-state index contributed by atoms with van der Waals surface area (Å²) in [4.78, 5) is 4.21. The van der Waals surface area contributed by atoms with Crippen molar-refractivity contribution in [3.05, 3.63) is 53.2 Å². The molecule has 1 N–H and O–H groups in total. The van der Waals surface area contributed by atoms with Crippen molar-refractivity contribution in [1.29, 1.82) is 0 Å². The lowest BCUT2D eigenvalue weighted by atomic mass is 10.1. The second kappa shape index (κ2) is 5.64. The lowest BCUT2D eigenvalue weighted by molar-refractivity contribution is 0.443. The number of benzene rings is 1. The normalized spacial score (nSPS) is 10.7. The average Bonchev–Trinajstić information content (AvgIpc) is 2.75. The predicted molar refractivity (Wildman–Crippen MR) is 67.9 cm³/mol. The number of oxazole rings is 1. The maximum atomic E-state index is 5.60. The summed E-state index contributed by atoms with van der Waals surface area (Å²) in [6.45, 7) is 2.80. The second-order valence-electron chi connectivity index (χ2n) is 4.24. The van der Waals surface area contributed by atoms with Gasteiger partial charge >= 0.3 is 0 Å². The van der Waals surface area contributed by atoms with E-state index in [-0.39, 0.29) is 0 Å². The van der Waals surface area contributed by atoms with Crippen LogP contribution in [0, 0.1) is 6.92 Å². The second-order valence-corrected chi connectivity index (χ2v) is 4.24. The fraction of sp³-hybridized carbons (Fsp3) is 0.357. The number of hydrogen-bond donors (Lipinski definition) is 1. The molecular weight excluding hydrogens is 212 g/mol. The first-order valence-corrected chi connectivity index (χ1v) is 5.91. The maximum Gasteiger partial charge on any atom is 0.208 e. The van der Waals surface area contributed by atoms with Crippen LogP contribution >= 0.6 is 0 Å². The number of nitrogens with zero attached hydrogens (tertiary/aromatic N) is 1. The van der Waals surface area contributed by atoms with Crippen molar-refractivity contribution in [3.63, 3.8) is 0 Å². The Labute approximate surface area is 102 Å². The van der Waals surface area contributed by atoms with Crippen LogP contribution in [0.3, 0.4) is 0 Å². The van der Waals surface area contributed by atoms with E-state index < -0.39 is 0 Å². The van der Waals surface area contributed by atoms with Gasteiger partial charge in [0.15, 0.2) is 0 Å². The summed E-state index contributed by atoms with van der Waals surface area (Å²) in [5.41, 5.74) is 2.65. The zero-order valence-electron chi connectivity index (χ0n) is 10.4. The molecule has 1 aromatic heterocycles. The minimum absolute atomic E-state index is 0.685. The van der Waals surface area contributed by atoms with Crippen molar-refractivity contribution in [2.75, 3.05) is 7.05 Å². The van der Waals surface area contributed by atoms with Gasteiger partial charge in [-0.05, 0) is 26.0 Å². The Kier molecular flexibility index (Phi) is 3.94. The van der Waals surface area contributed by atoms with Gasteiger partial charge in [0.2, 0.25) is 5.89 Å². The number of rotatable bonds is 5. The van der Waals surface area contributed by atoms with Crippen molar-refractivity contribution in [2.24, 2.45) is 0 Å². The first kappa shape index (κ1) is 11.9. The van der Waals surface area contributed by atoms with Gasteiger partial charge in [0.05, 0.1) is 12.7 Å². The molecule has 90 valence electrons. The van der Waals surface area contributed by atoms with Gasteiger partial charge in [-0.3, -0.25) is 0 Å². The zero-order chi connectivity index (χ0) is 12.1. The van der Waals surface area contributed by atoms with Crippen LogP contribution in [0.2, 0.25) is 0 Å². The number of hydrogen-bond acceptors (Lipinski definition) is 3. The maximum absolute atomic E-state index is 5.60. The summed E-state index contributed by atoms with van der Waals surface area (Å²) in [5, 5.41) is 3.02. The predicted octanol–water partition coefficient (Wildman–Crippen LogP) is 2.49. The van der Waals surface area contributed by atoms with Crippen molar-refractivity contribution in [3.8, 4) is 0 Å². The Hall–Kier alpha value is -1.61. The largest absolute Gasteiger partial charge is 0.444 e. The third-order valence-electron chi connectivity index (χ3n) is 2.67. The molecule has 0 fully saturated rings. The van der Waals surface area contributed by atoms with Gasteiger partial charge in [-0.1, -0.05) is 29.8 Å². The molecule has 3 nitrogen and oxygen atoms in total. The van der Waals surface area contributed by atoms with Crippen LogP contribution in [-0.2, 0) is 19.4 Å². The van der Waals surface area contributed by atoms with E-state index in [9.17, 15) is 0 Å². The van der Waals surface area contributed by atoms with Gasteiger partial charge in [-0.2, -0.15) is 0 Å². The van der Waals surface area contributed by atoms with Crippen molar-refractivity contribution < 1.29 is 4.42 Å². The molecule has 1 aromatic carbocycles. The Bertz CT molecular complexity index is 477. The van der Waals surface area contributed by atoms with Crippen LogP contribution in [0.1, 0.15) is 22.8 Å². The van der Waals surface area contributed by atoms with E-state index >= 15 is 0 Å². The van der Waals surface area contributed by atoms with Crippen LogP contribution in [0.25, 0.3) is 0 Å². The van der Waals surface area contributed by atoms with Gasteiger partial charge in [-0.15, -0.1) is 0 Å². The van der Waals surface area contributed by atoms with Crippen LogP contribution in [0.15, 0.2) is 34.9 Å². The van der Waals surface area contributed by atoms with Crippen molar-refractivity contribution in [2.45, 2.75) is 26.3 Å². The smallest absolute Gasteiger partial charge is 0.208 e. The molecule has 0 aliphatic heterocycles. The van der Waals surface area contributed by atoms with Gasteiger partial charge in [0.1, 0.15) is 5.76 Å². The molecular formula is C14H18N2O. The summed E-state index contributed by atoms with van der Waals surface area (Å²) >= 11 is 0. The van der Waals surface area contributed by atoms with E-state index in [2.05, 4.69) is 41.5 Å². The molecule has 0 bridgehead atoms. The molecule has 0 radical (unpaired) electrons. The molecule has 0 aliphatic rings. The quantitative estimate of drug-likeness (QED) is 0.857.